The number of benzene rings is 1. The fraction of sp³-hybridized carbons (Fsp3) is 0.500. The van der Waals surface area contributed by atoms with Crippen molar-refractivity contribution >= 4 is 0 Å². The van der Waals surface area contributed by atoms with Crippen LogP contribution in [0, 0.1) is 12.7 Å². The minimum absolute atomic E-state index is 0.294. The third-order valence-electron chi connectivity index (χ3n) is 2.94. The van der Waals surface area contributed by atoms with Gasteiger partial charge in [-0.1, -0.05) is 6.07 Å². The van der Waals surface area contributed by atoms with Gasteiger partial charge in [0.15, 0.2) is 0 Å². The molecule has 0 radical (unpaired) electrons. The first-order valence-electron chi connectivity index (χ1n) is 5.10. The summed E-state index contributed by atoms with van der Waals surface area (Å²) in [6, 6.07) is 3.12. The molecule has 3 heteroatoms. The molecule has 0 aromatic heterocycles. The number of methoxy groups -OCH3 is 1. The maximum Gasteiger partial charge on any atom is 0.130 e. The maximum absolute atomic E-state index is 13.6. The van der Waals surface area contributed by atoms with E-state index in [2.05, 4.69) is 0 Å². The van der Waals surface area contributed by atoms with Crippen molar-refractivity contribution in [2.75, 3.05) is 7.11 Å². The largest absolute Gasteiger partial charge is 0.496 e. The van der Waals surface area contributed by atoms with Crippen molar-refractivity contribution in [1.29, 1.82) is 0 Å². The average molecular weight is 210 g/mol. The molecule has 2 rings (SSSR count). The molecule has 1 fully saturated rings. The van der Waals surface area contributed by atoms with Crippen LogP contribution in [0.15, 0.2) is 12.1 Å². The third-order valence-corrected chi connectivity index (χ3v) is 2.94. The molecule has 0 bridgehead atoms. The molecule has 1 aromatic rings. The lowest BCUT2D eigenvalue weighted by atomic mass is 10.0. The first-order valence-corrected chi connectivity index (χ1v) is 5.10. The summed E-state index contributed by atoms with van der Waals surface area (Å²) in [4.78, 5) is 0. The molecule has 0 unspecified atom stereocenters. The Hall–Kier alpha value is -1.09. The summed E-state index contributed by atoms with van der Waals surface area (Å²) in [5, 5.41) is 9.80. The van der Waals surface area contributed by atoms with Crippen LogP contribution in [0.3, 0.4) is 0 Å². The summed E-state index contributed by atoms with van der Waals surface area (Å²) in [7, 11) is 1.53. The topological polar surface area (TPSA) is 29.5 Å². The van der Waals surface area contributed by atoms with Crippen LogP contribution in [0.5, 0.6) is 5.75 Å². The van der Waals surface area contributed by atoms with E-state index in [0.717, 1.165) is 18.4 Å². The highest BCUT2D eigenvalue weighted by Crippen LogP contribution is 2.41. The van der Waals surface area contributed by atoms with Crippen LogP contribution in [-0.2, 0) is 6.42 Å². The van der Waals surface area contributed by atoms with Gasteiger partial charge in [-0.2, -0.15) is 0 Å². The summed E-state index contributed by atoms with van der Waals surface area (Å²) in [5.41, 5.74) is 0.706. The number of hydrogen-bond donors (Lipinski definition) is 1. The summed E-state index contributed by atoms with van der Waals surface area (Å²) < 4.78 is 18.8. The lowest BCUT2D eigenvalue weighted by molar-refractivity contribution is 0.148. The van der Waals surface area contributed by atoms with Gasteiger partial charge in [0.25, 0.3) is 0 Å². The third kappa shape index (κ3) is 1.97. The second-order valence-corrected chi connectivity index (χ2v) is 4.28. The van der Waals surface area contributed by atoms with Gasteiger partial charge < -0.3 is 9.84 Å². The van der Waals surface area contributed by atoms with Crippen molar-refractivity contribution in [3.63, 3.8) is 0 Å². The van der Waals surface area contributed by atoms with Crippen LogP contribution in [0.2, 0.25) is 0 Å². The van der Waals surface area contributed by atoms with Gasteiger partial charge in [-0.05, 0) is 31.4 Å². The van der Waals surface area contributed by atoms with Crippen LogP contribution in [0.4, 0.5) is 4.39 Å². The summed E-state index contributed by atoms with van der Waals surface area (Å²) in [5.74, 6) is 0.271. The molecule has 0 saturated heterocycles. The van der Waals surface area contributed by atoms with Crippen molar-refractivity contribution < 1.29 is 14.2 Å². The van der Waals surface area contributed by atoms with Crippen molar-refractivity contribution in [1.82, 2.24) is 0 Å². The molecular weight excluding hydrogens is 195 g/mol. The second-order valence-electron chi connectivity index (χ2n) is 4.28. The summed E-state index contributed by atoms with van der Waals surface area (Å²) in [6.45, 7) is 1.87. The van der Waals surface area contributed by atoms with Crippen LogP contribution in [0.1, 0.15) is 24.0 Å². The number of rotatable bonds is 3. The Morgan fingerprint density at radius 1 is 1.47 bits per heavy atom. The Kier molecular flexibility index (Phi) is 2.43. The maximum atomic E-state index is 13.6. The lowest BCUT2D eigenvalue weighted by Gasteiger charge is -2.14. The van der Waals surface area contributed by atoms with Crippen LogP contribution < -0.4 is 4.74 Å². The van der Waals surface area contributed by atoms with Crippen LogP contribution in [0.25, 0.3) is 0 Å². The van der Waals surface area contributed by atoms with E-state index in [4.69, 9.17) is 4.74 Å². The second kappa shape index (κ2) is 3.49. The van der Waals surface area contributed by atoms with Gasteiger partial charge in [-0.25, -0.2) is 4.39 Å². The average Bonchev–Trinajstić information content (AvgIpc) is 2.91. The highest BCUT2D eigenvalue weighted by molar-refractivity contribution is 5.43. The smallest absolute Gasteiger partial charge is 0.130 e. The Morgan fingerprint density at radius 2 is 2.13 bits per heavy atom. The highest BCUT2D eigenvalue weighted by Gasteiger charge is 2.41. The Balaban J connectivity index is 2.38. The zero-order valence-electron chi connectivity index (χ0n) is 9.01. The summed E-state index contributed by atoms with van der Waals surface area (Å²) >= 11 is 0. The molecular formula is C12H15FO2. The molecule has 0 spiro atoms. The molecule has 0 aliphatic heterocycles. The molecule has 1 N–H and O–H groups in total. The zero-order valence-corrected chi connectivity index (χ0v) is 9.01. The molecule has 15 heavy (non-hydrogen) atoms. The molecule has 0 amide bonds. The van der Waals surface area contributed by atoms with Crippen molar-refractivity contribution in [3.8, 4) is 5.75 Å². The van der Waals surface area contributed by atoms with E-state index in [1.807, 2.05) is 6.92 Å². The Morgan fingerprint density at radius 3 is 2.67 bits per heavy atom. The summed E-state index contributed by atoms with van der Waals surface area (Å²) in [6.07, 6.45) is 1.86. The van der Waals surface area contributed by atoms with E-state index >= 15 is 0 Å². The van der Waals surface area contributed by atoms with Gasteiger partial charge in [-0.15, -0.1) is 0 Å². The molecule has 2 nitrogen and oxygen atoms in total. The monoisotopic (exact) mass is 210 g/mol. The quantitative estimate of drug-likeness (QED) is 0.828. The molecule has 82 valence electrons. The van der Waals surface area contributed by atoms with E-state index in [1.165, 1.54) is 13.2 Å². The van der Waals surface area contributed by atoms with Crippen molar-refractivity contribution in [3.05, 3.63) is 29.1 Å². The SMILES string of the molecule is COc1c(C)ccc(F)c1CC1(O)CC1. The predicted molar refractivity (Wildman–Crippen MR) is 55.6 cm³/mol. The highest BCUT2D eigenvalue weighted by atomic mass is 19.1. The van der Waals surface area contributed by atoms with Gasteiger partial charge >= 0.3 is 0 Å². The van der Waals surface area contributed by atoms with Crippen LogP contribution in [-0.4, -0.2) is 17.8 Å². The number of halogens is 1. The standard InChI is InChI=1S/C12H15FO2/c1-8-3-4-10(13)9(11(8)15-2)7-12(14)5-6-12/h3-4,14H,5-7H2,1-2H3. The zero-order chi connectivity index (χ0) is 11.1. The lowest BCUT2D eigenvalue weighted by Crippen LogP contribution is -2.13. The van der Waals surface area contributed by atoms with Crippen molar-refractivity contribution in [2.24, 2.45) is 0 Å². The molecule has 1 aromatic carbocycles. The minimum Gasteiger partial charge on any atom is -0.496 e. The predicted octanol–water partition coefficient (Wildman–Crippen LogP) is 2.21. The normalized spacial score (nSPS) is 17.6. The van der Waals surface area contributed by atoms with Gasteiger partial charge in [0.2, 0.25) is 0 Å². The molecule has 1 aliphatic rings. The van der Waals surface area contributed by atoms with Gasteiger partial charge in [0.1, 0.15) is 11.6 Å². The van der Waals surface area contributed by atoms with E-state index < -0.39 is 5.60 Å². The fourth-order valence-electron chi connectivity index (χ4n) is 1.82. The Bertz CT molecular complexity index is 383. The van der Waals surface area contributed by atoms with E-state index in [9.17, 15) is 9.50 Å². The first-order chi connectivity index (χ1) is 7.06. The Labute approximate surface area is 88.7 Å². The van der Waals surface area contributed by atoms with Gasteiger partial charge in [-0.3, -0.25) is 0 Å². The molecule has 0 atom stereocenters. The van der Waals surface area contributed by atoms with Gasteiger partial charge in [0.05, 0.1) is 12.7 Å². The molecule has 0 heterocycles. The number of aliphatic hydroxyl groups is 1. The first kappa shape index (κ1) is 10.4. The number of hydrogen-bond acceptors (Lipinski definition) is 2. The molecule has 1 aliphatic carbocycles. The van der Waals surface area contributed by atoms with Crippen molar-refractivity contribution in [2.45, 2.75) is 31.8 Å². The fourth-order valence-corrected chi connectivity index (χ4v) is 1.82. The minimum atomic E-state index is -0.693. The molecule has 1 saturated carbocycles. The van der Waals surface area contributed by atoms with E-state index in [0.29, 0.717) is 17.7 Å². The number of ether oxygens (including phenoxy) is 1. The van der Waals surface area contributed by atoms with Gasteiger partial charge in [0, 0.05) is 12.0 Å². The van der Waals surface area contributed by atoms with E-state index in [-0.39, 0.29) is 5.82 Å². The van der Waals surface area contributed by atoms with Crippen LogP contribution >= 0.6 is 0 Å². The number of aryl methyl sites for hydroxylation is 1. The van der Waals surface area contributed by atoms with E-state index in [1.54, 1.807) is 6.07 Å².